The van der Waals surface area contributed by atoms with Crippen molar-refractivity contribution in [2.45, 2.75) is 6.18 Å². The average molecular weight is 311 g/mol. The molecule has 17 heavy (non-hydrogen) atoms. The van der Waals surface area contributed by atoms with Gasteiger partial charge in [0.25, 0.3) is 0 Å². The molecule has 0 saturated heterocycles. The predicted octanol–water partition coefficient (Wildman–Crippen LogP) is 2.54. The van der Waals surface area contributed by atoms with E-state index >= 15 is 0 Å². The fraction of sp³-hybridized carbons (Fsp3) is 0.300. The minimum atomic E-state index is -4.31. The molecule has 0 aliphatic heterocycles. The maximum absolute atomic E-state index is 11.8. The van der Waals surface area contributed by atoms with E-state index in [-0.39, 0.29) is 6.54 Å². The second-order valence-corrected chi connectivity index (χ2v) is 4.10. The highest BCUT2D eigenvalue weighted by Crippen LogP contribution is 2.20. The lowest BCUT2D eigenvalue weighted by atomic mass is 10.3. The van der Waals surface area contributed by atoms with E-state index in [0.29, 0.717) is 10.2 Å². The van der Waals surface area contributed by atoms with Crippen LogP contribution in [-0.4, -0.2) is 25.2 Å². The molecular formula is C10H10BrF3N2O. The SMILES string of the molecule is O=C(CNCC(F)(F)F)Nc1ccccc1Br. The molecule has 0 aliphatic rings. The van der Waals surface area contributed by atoms with Crippen molar-refractivity contribution in [3.05, 3.63) is 28.7 Å². The van der Waals surface area contributed by atoms with Gasteiger partial charge in [-0.15, -0.1) is 0 Å². The Balaban J connectivity index is 2.38. The van der Waals surface area contributed by atoms with Crippen molar-refractivity contribution in [2.24, 2.45) is 0 Å². The van der Waals surface area contributed by atoms with Crippen molar-refractivity contribution in [1.82, 2.24) is 5.32 Å². The number of halogens is 4. The molecule has 0 bridgehead atoms. The van der Waals surface area contributed by atoms with Crippen LogP contribution < -0.4 is 10.6 Å². The fourth-order valence-corrected chi connectivity index (χ4v) is 1.46. The molecule has 1 aromatic carbocycles. The Kier molecular flexibility index (Phi) is 4.95. The molecule has 0 aliphatic carbocycles. The van der Waals surface area contributed by atoms with E-state index in [1.54, 1.807) is 24.3 Å². The van der Waals surface area contributed by atoms with Crippen molar-refractivity contribution in [2.75, 3.05) is 18.4 Å². The van der Waals surface area contributed by atoms with Crippen molar-refractivity contribution < 1.29 is 18.0 Å². The first-order chi connectivity index (χ1) is 7.88. The van der Waals surface area contributed by atoms with Gasteiger partial charge < -0.3 is 10.6 Å². The first kappa shape index (κ1) is 14.0. The van der Waals surface area contributed by atoms with Gasteiger partial charge in [0, 0.05) is 4.47 Å². The number of carbonyl (C=O) groups is 1. The van der Waals surface area contributed by atoms with Crippen LogP contribution in [0, 0.1) is 0 Å². The Morgan fingerprint density at radius 1 is 1.29 bits per heavy atom. The number of benzene rings is 1. The van der Waals surface area contributed by atoms with Crippen LogP contribution in [0.25, 0.3) is 0 Å². The topological polar surface area (TPSA) is 41.1 Å². The quantitative estimate of drug-likeness (QED) is 0.897. The predicted molar refractivity (Wildman–Crippen MR) is 61.7 cm³/mol. The molecule has 0 spiro atoms. The zero-order valence-corrected chi connectivity index (χ0v) is 10.2. The monoisotopic (exact) mass is 310 g/mol. The third-order valence-electron chi connectivity index (χ3n) is 1.76. The molecular weight excluding hydrogens is 301 g/mol. The molecule has 94 valence electrons. The molecule has 0 heterocycles. The Hall–Kier alpha value is -1.08. The van der Waals surface area contributed by atoms with Crippen LogP contribution in [-0.2, 0) is 4.79 Å². The standard InChI is InChI=1S/C10H10BrF3N2O/c11-7-3-1-2-4-8(7)16-9(17)5-15-6-10(12,13)14/h1-4,15H,5-6H2,(H,16,17). The highest BCUT2D eigenvalue weighted by molar-refractivity contribution is 9.10. The summed E-state index contributed by atoms with van der Waals surface area (Å²) in [6, 6.07) is 6.84. The fourth-order valence-electron chi connectivity index (χ4n) is 1.07. The van der Waals surface area contributed by atoms with Gasteiger partial charge >= 0.3 is 6.18 Å². The number of amides is 1. The maximum Gasteiger partial charge on any atom is 0.401 e. The van der Waals surface area contributed by atoms with E-state index in [2.05, 4.69) is 21.2 Å². The second-order valence-electron chi connectivity index (χ2n) is 3.25. The van der Waals surface area contributed by atoms with Gasteiger partial charge in [-0.05, 0) is 28.1 Å². The molecule has 2 N–H and O–H groups in total. The van der Waals surface area contributed by atoms with Crippen LogP contribution in [0.5, 0.6) is 0 Å². The summed E-state index contributed by atoms with van der Waals surface area (Å²) in [5, 5.41) is 4.49. The lowest BCUT2D eigenvalue weighted by molar-refractivity contribution is -0.126. The van der Waals surface area contributed by atoms with Gasteiger partial charge in [-0.1, -0.05) is 12.1 Å². The molecule has 0 atom stereocenters. The van der Waals surface area contributed by atoms with E-state index in [4.69, 9.17) is 0 Å². The van der Waals surface area contributed by atoms with Crippen molar-refractivity contribution in [1.29, 1.82) is 0 Å². The maximum atomic E-state index is 11.8. The second kappa shape index (κ2) is 6.02. The first-order valence-electron chi connectivity index (χ1n) is 4.70. The number of alkyl halides is 3. The van der Waals surface area contributed by atoms with Crippen LogP contribution in [0.1, 0.15) is 0 Å². The number of carbonyl (C=O) groups excluding carboxylic acids is 1. The summed E-state index contributed by atoms with van der Waals surface area (Å²) < 4.78 is 36.1. The molecule has 1 rings (SSSR count). The molecule has 0 radical (unpaired) electrons. The van der Waals surface area contributed by atoms with E-state index < -0.39 is 18.6 Å². The lowest BCUT2D eigenvalue weighted by Crippen LogP contribution is -2.35. The third-order valence-corrected chi connectivity index (χ3v) is 2.45. The Bertz CT molecular complexity index is 395. The molecule has 0 unspecified atom stereocenters. The Morgan fingerprint density at radius 3 is 2.53 bits per heavy atom. The Morgan fingerprint density at radius 2 is 1.94 bits per heavy atom. The molecule has 1 aromatic rings. The molecule has 0 fully saturated rings. The van der Waals surface area contributed by atoms with Gasteiger partial charge in [0.15, 0.2) is 0 Å². The number of hydrogen-bond acceptors (Lipinski definition) is 2. The molecule has 3 nitrogen and oxygen atoms in total. The molecule has 0 aromatic heterocycles. The number of anilines is 1. The summed E-state index contributed by atoms with van der Waals surface area (Å²) in [4.78, 5) is 11.3. The molecule has 1 amide bonds. The number of hydrogen-bond donors (Lipinski definition) is 2. The third kappa shape index (κ3) is 5.69. The van der Waals surface area contributed by atoms with Crippen LogP contribution in [0.3, 0.4) is 0 Å². The van der Waals surface area contributed by atoms with Gasteiger partial charge in [0.1, 0.15) is 0 Å². The summed E-state index contributed by atoms with van der Waals surface area (Å²) in [6.07, 6.45) is -4.31. The van der Waals surface area contributed by atoms with Crippen molar-refractivity contribution >= 4 is 27.5 Å². The zero-order valence-electron chi connectivity index (χ0n) is 8.64. The average Bonchev–Trinajstić information content (AvgIpc) is 2.19. The Labute approximate surface area is 105 Å². The number of rotatable bonds is 4. The van der Waals surface area contributed by atoms with E-state index in [9.17, 15) is 18.0 Å². The lowest BCUT2D eigenvalue weighted by Gasteiger charge is -2.09. The highest BCUT2D eigenvalue weighted by atomic mass is 79.9. The van der Waals surface area contributed by atoms with Gasteiger partial charge in [-0.25, -0.2) is 0 Å². The van der Waals surface area contributed by atoms with Crippen LogP contribution in [0.15, 0.2) is 28.7 Å². The number of para-hydroxylation sites is 1. The normalized spacial score (nSPS) is 11.3. The van der Waals surface area contributed by atoms with Gasteiger partial charge in [0.05, 0.1) is 18.8 Å². The minimum Gasteiger partial charge on any atom is -0.324 e. The minimum absolute atomic E-state index is 0.388. The van der Waals surface area contributed by atoms with Crippen LogP contribution in [0.4, 0.5) is 18.9 Å². The van der Waals surface area contributed by atoms with E-state index in [1.807, 2.05) is 5.32 Å². The summed E-state index contributed by atoms with van der Waals surface area (Å²) in [5.41, 5.74) is 0.520. The summed E-state index contributed by atoms with van der Waals surface area (Å²) >= 11 is 3.21. The molecule has 7 heteroatoms. The number of nitrogens with one attached hydrogen (secondary N) is 2. The first-order valence-corrected chi connectivity index (χ1v) is 5.49. The summed E-state index contributed by atoms with van der Waals surface area (Å²) in [7, 11) is 0. The van der Waals surface area contributed by atoms with Gasteiger partial charge in [-0.3, -0.25) is 4.79 Å². The summed E-state index contributed by atoms with van der Waals surface area (Å²) in [6.45, 7) is -1.57. The van der Waals surface area contributed by atoms with E-state index in [0.717, 1.165) is 0 Å². The molecule has 0 saturated carbocycles. The largest absolute Gasteiger partial charge is 0.401 e. The van der Waals surface area contributed by atoms with Crippen LogP contribution in [0.2, 0.25) is 0 Å². The van der Waals surface area contributed by atoms with Crippen molar-refractivity contribution in [3.63, 3.8) is 0 Å². The summed E-state index contributed by atoms with van der Waals surface area (Å²) in [5.74, 6) is -0.527. The van der Waals surface area contributed by atoms with E-state index in [1.165, 1.54) is 0 Å². The van der Waals surface area contributed by atoms with Crippen LogP contribution >= 0.6 is 15.9 Å². The zero-order chi connectivity index (χ0) is 12.9. The highest BCUT2D eigenvalue weighted by Gasteiger charge is 2.26. The van der Waals surface area contributed by atoms with Gasteiger partial charge in [0.2, 0.25) is 5.91 Å². The van der Waals surface area contributed by atoms with Crippen molar-refractivity contribution in [3.8, 4) is 0 Å². The smallest absolute Gasteiger partial charge is 0.324 e. The van der Waals surface area contributed by atoms with Gasteiger partial charge in [-0.2, -0.15) is 13.2 Å².